The van der Waals surface area contributed by atoms with Gasteiger partial charge < -0.3 is 5.73 Å². The van der Waals surface area contributed by atoms with Crippen molar-refractivity contribution in [3.63, 3.8) is 0 Å². The molecule has 0 radical (unpaired) electrons. The lowest BCUT2D eigenvalue weighted by Crippen LogP contribution is -2.15. The molecule has 17 heavy (non-hydrogen) atoms. The molecule has 2 N–H and O–H groups in total. The molecule has 0 bridgehead atoms. The zero-order valence-corrected chi connectivity index (χ0v) is 10.5. The third-order valence-electron chi connectivity index (χ3n) is 3.44. The van der Waals surface area contributed by atoms with Crippen molar-refractivity contribution in [1.82, 2.24) is 0 Å². The normalized spacial score (nSPS) is 28.1. The number of hydrogen-bond acceptors (Lipinski definition) is 3. The number of benzene rings is 1. The highest BCUT2D eigenvalue weighted by Crippen LogP contribution is 2.51. The van der Waals surface area contributed by atoms with Gasteiger partial charge in [-0.3, -0.25) is 0 Å². The maximum absolute atomic E-state index is 12.8. The lowest BCUT2D eigenvalue weighted by Gasteiger charge is -2.00. The minimum Gasteiger partial charge on any atom is -0.330 e. The van der Waals surface area contributed by atoms with Crippen LogP contribution in [0.4, 0.5) is 4.39 Å². The Bertz CT molecular complexity index is 498. The van der Waals surface area contributed by atoms with Crippen LogP contribution in [0.5, 0.6) is 0 Å². The van der Waals surface area contributed by atoms with Gasteiger partial charge in [0.1, 0.15) is 5.82 Å². The van der Waals surface area contributed by atoms with Gasteiger partial charge in [0.05, 0.1) is 5.25 Å². The lowest BCUT2D eigenvalue weighted by molar-refractivity contribution is 0.593. The highest BCUT2D eigenvalue weighted by molar-refractivity contribution is 7.92. The predicted octanol–water partition coefficient (Wildman–Crippen LogP) is 1.30. The van der Waals surface area contributed by atoms with E-state index in [0.29, 0.717) is 6.54 Å². The maximum atomic E-state index is 12.8. The van der Waals surface area contributed by atoms with Crippen LogP contribution < -0.4 is 5.73 Å². The van der Waals surface area contributed by atoms with Gasteiger partial charge in [-0.25, -0.2) is 12.8 Å². The topological polar surface area (TPSA) is 60.2 Å². The minimum absolute atomic E-state index is 0.0228. The molecule has 1 aromatic rings. The van der Waals surface area contributed by atoms with Crippen molar-refractivity contribution < 1.29 is 12.8 Å². The highest BCUT2D eigenvalue weighted by atomic mass is 32.2. The van der Waals surface area contributed by atoms with E-state index in [4.69, 9.17) is 5.73 Å². The summed E-state index contributed by atoms with van der Waals surface area (Å²) in [7, 11) is -3.07. The van der Waals surface area contributed by atoms with Gasteiger partial charge >= 0.3 is 0 Å². The summed E-state index contributed by atoms with van der Waals surface area (Å²) in [5.41, 5.74) is 6.46. The lowest BCUT2D eigenvalue weighted by atomic mass is 10.1. The zero-order chi connectivity index (χ0) is 12.6. The second kappa shape index (κ2) is 4.38. The van der Waals surface area contributed by atoms with Crippen molar-refractivity contribution in [1.29, 1.82) is 0 Å². The molecule has 0 saturated heterocycles. The molecule has 3 nitrogen and oxygen atoms in total. The molecule has 5 heteroatoms. The Kier molecular flexibility index (Phi) is 3.23. The van der Waals surface area contributed by atoms with E-state index in [2.05, 4.69) is 0 Å². The van der Waals surface area contributed by atoms with Gasteiger partial charge in [-0.05, 0) is 30.2 Å². The third-order valence-corrected chi connectivity index (χ3v) is 5.72. The molecule has 1 aliphatic rings. The fourth-order valence-electron chi connectivity index (χ4n) is 2.43. The van der Waals surface area contributed by atoms with E-state index in [1.807, 2.05) is 0 Å². The summed E-state index contributed by atoms with van der Waals surface area (Å²) in [6, 6.07) is 6.01. The van der Waals surface area contributed by atoms with Gasteiger partial charge in [-0.15, -0.1) is 0 Å². The average Bonchev–Trinajstić information content (AvgIpc) is 3.05. The predicted molar refractivity (Wildman–Crippen MR) is 64.9 cm³/mol. The van der Waals surface area contributed by atoms with Crippen LogP contribution in [-0.2, 0) is 9.84 Å². The molecule has 0 spiro atoms. The van der Waals surface area contributed by atoms with Gasteiger partial charge in [-0.2, -0.15) is 0 Å². The van der Waals surface area contributed by atoms with Gasteiger partial charge in [0, 0.05) is 11.7 Å². The third kappa shape index (κ3) is 2.21. The molecule has 0 unspecified atom stereocenters. The molecule has 1 aromatic carbocycles. The van der Waals surface area contributed by atoms with Crippen molar-refractivity contribution in [3.05, 3.63) is 35.6 Å². The molecule has 0 aliphatic heterocycles. The Morgan fingerprint density at radius 1 is 1.29 bits per heavy atom. The average molecular weight is 257 g/mol. The molecule has 2 rings (SSSR count). The van der Waals surface area contributed by atoms with Crippen LogP contribution >= 0.6 is 0 Å². The standard InChI is InChI=1S/C12H16FNO2S/c1-2-17(15,16)12-10(7-14)11(12)8-3-5-9(13)6-4-8/h3-6,10-12H,2,7,14H2,1H3/t10-,11-,12-/m1/s1. The van der Waals surface area contributed by atoms with E-state index in [9.17, 15) is 12.8 Å². The maximum Gasteiger partial charge on any atom is 0.153 e. The molecule has 1 saturated carbocycles. The summed E-state index contributed by atoms with van der Waals surface area (Å²) in [5, 5.41) is -0.386. The summed E-state index contributed by atoms with van der Waals surface area (Å²) in [6.45, 7) is 1.99. The quantitative estimate of drug-likeness (QED) is 0.884. The van der Waals surface area contributed by atoms with Crippen LogP contribution in [0.3, 0.4) is 0 Å². The smallest absolute Gasteiger partial charge is 0.153 e. The minimum atomic E-state index is -3.07. The molecule has 1 fully saturated rings. The van der Waals surface area contributed by atoms with Crippen LogP contribution in [0, 0.1) is 11.7 Å². The zero-order valence-electron chi connectivity index (χ0n) is 9.64. The molecule has 94 valence electrons. The Balaban J connectivity index is 2.26. The van der Waals surface area contributed by atoms with E-state index in [1.54, 1.807) is 19.1 Å². The first kappa shape index (κ1) is 12.5. The van der Waals surface area contributed by atoms with Gasteiger partial charge in [0.25, 0.3) is 0 Å². The number of rotatable bonds is 4. The van der Waals surface area contributed by atoms with Crippen LogP contribution in [0.1, 0.15) is 18.4 Å². The summed E-state index contributed by atoms with van der Waals surface area (Å²) < 4.78 is 36.5. The first-order valence-electron chi connectivity index (χ1n) is 5.68. The van der Waals surface area contributed by atoms with E-state index < -0.39 is 9.84 Å². The molecular formula is C12H16FNO2S. The summed E-state index contributed by atoms with van der Waals surface area (Å²) in [6.07, 6.45) is 0. The molecule has 1 aliphatic carbocycles. The van der Waals surface area contributed by atoms with Crippen LogP contribution in [-0.4, -0.2) is 26.0 Å². The fourth-order valence-corrected chi connectivity index (χ4v) is 4.34. The van der Waals surface area contributed by atoms with Gasteiger partial charge in [0.2, 0.25) is 0 Å². The van der Waals surface area contributed by atoms with Crippen molar-refractivity contribution in [3.8, 4) is 0 Å². The number of nitrogens with two attached hydrogens (primary N) is 1. The molecular weight excluding hydrogens is 241 g/mol. The molecule has 0 amide bonds. The number of halogens is 1. The SMILES string of the molecule is CCS(=O)(=O)[C@@H]1[C@H](CN)[C@H]1c1ccc(F)cc1. The van der Waals surface area contributed by atoms with E-state index in [0.717, 1.165) is 5.56 Å². The first-order chi connectivity index (χ1) is 8.01. The van der Waals surface area contributed by atoms with Crippen molar-refractivity contribution >= 4 is 9.84 Å². The summed E-state index contributed by atoms with van der Waals surface area (Å²) in [4.78, 5) is 0. The van der Waals surface area contributed by atoms with Gasteiger partial charge in [-0.1, -0.05) is 19.1 Å². The van der Waals surface area contributed by atoms with Crippen molar-refractivity contribution in [2.75, 3.05) is 12.3 Å². The van der Waals surface area contributed by atoms with Crippen LogP contribution in [0.15, 0.2) is 24.3 Å². The van der Waals surface area contributed by atoms with E-state index >= 15 is 0 Å². The van der Waals surface area contributed by atoms with Crippen molar-refractivity contribution in [2.45, 2.75) is 18.1 Å². The molecule has 0 aromatic heterocycles. The van der Waals surface area contributed by atoms with E-state index in [1.165, 1.54) is 12.1 Å². The summed E-state index contributed by atoms with van der Waals surface area (Å²) >= 11 is 0. The highest BCUT2D eigenvalue weighted by Gasteiger charge is 2.56. The van der Waals surface area contributed by atoms with E-state index in [-0.39, 0.29) is 28.7 Å². The monoisotopic (exact) mass is 257 g/mol. The number of sulfone groups is 1. The Morgan fingerprint density at radius 2 is 1.88 bits per heavy atom. The van der Waals surface area contributed by atoms with Crippen molar-refractivity contribution in [2.24, 2.45) is 11.7 Å². The van der Waals surface area contributed by atoms with Crippen LogP contribution in [0.25, 0.3) is 0 Å². The Morgan fingerprint density at radius 3 is 2.35 bits per heavy atom. The Hall–Kier alpha value is -0.940. The second-order valence-corrected chi connectivity index (χ2v) is 6.84. The summed E-state index contributed by atoms with van der Waals surface area (Å²) in [5.74, 6) is -0.268. The number of hydrogen-bond donors (Lipinski definition) is 1. The van der Waals surface area contributed by atoms with Crippen LogP contribution in [0.2, 0.25) is 0 Å². The second-order valence-electron chi connectivity index (χ2n) is 4.39. The first-order valence-corrected chi connectivity index (χ1v) is 7.40. The largest absolute Gasteiger partial charge is 0.330 e. The molecule has 0 heterocycles. The van der Waals surface area contributed by atoms with Gasteiger partial charge in [0.15, 0.2) is 9.84 Å². The fraction of sp³-hybridized carbons (Fsp3) is 0.500. The molecule has 3 atom stereocenters. The Labute approximate surface area is 101 Å².